The monoisotopic (exact) mass is 436 g/mol. The lowest BCUT2D eigenvalue weighted by molar-refractivity contribution is -0.139. The van der Waals surface area contributed by atoms with Crippen LogP contribution in [0.2, 0.25) is 0 Å². The zero-order chi connectivity index (χ0) is 22.2. The van der Waals surface area contributed by atoms with Gasteiger partial charge in [-0.1, -0.05) is 19.4 Å². The highest BCUT2D eigenvalue weighted by molar-refractivity contribution is 5.86. The first-order chi connectivity index (χ1) is 15.0. The number of ether oxygens (including phenoxy) is 2. The molecule has 0 bridgehead atoms. The minimum Gasteiger partial charge on any atom is -0.462 e. The van der Waals surface area contributed by atoms with E-state index in [0.29, 0.717) is 36.0 Å². The molecule has 3 saturated carbocycles. The number of carbonyl (C=O) groups is 1. The highest BCUT2D eigenvalue weighted by Crippen LogP contribution is 2.47. The van der Waals surface area contributed by atoms with E-state index in [1.807, 2.05) is 0 Å². The summed E-state index contributed by atoms with van der Waals surface area (Å²) in [7, 11) is 0. The van der Waals surface area contributed by atoms with E-state index in [4.69, 9.17) is 9.47 Å². The van der Waals surface area contributed by atoms with Crippen LogP contribution in [0.3, 0.4) is 0 Å². The van der Waals surface area contributed by atoms with Crippen molar-refractivity contribution < 1.29 is 18.7 Å². The minimum atomic E-state index is -0.590. The molecule has 4 heteroatoms. The van der Waals surface area contributed by atoms with Gasteiger partial charge in [0.2, 0.25) is 0 Å². The maximum absolute atomic E-state index is 15.2. The Labute approximate surface area is 189 Å². The van der Waals surface area contributed by atoms with Crippen LogP contribution in [0, 0.1) is 29.6 Å². The molecule has 178 valence electrons. The molecule has 3 rings (SSSR count). The maximum atomic E-state index is 15.2. The predicted octanol–water partition coefficient (Wildman–Crippen LogP) is 7.04. The Balaban J connectivity index is 1.32. The van der Waals surface area contributed by atoms with Gasteiger partial charge in [0, 0.05) is 12.2 Å². The van der Waals surface area contributed by atoms with Crippen molar-refractivity contribution in [3.05, 3.63) is 12.2 Å². The predicted molar refractivity (Wildman–Crippen MR) is 124 cm³/mol. The molecule has 0 aromatic rings. The van der Waals surface area contributed by atoms with Gasteiger partial charge in [0.05, 0.1) is 12.7 Å². The number of rotatable bonds is 9. The van der Waals surface area contributed by atoms with E-state index < -0.39 is 6.17 Å². The summed E-state index contributed by atoms with van der Waals surface area (Å²) in [4.78, 5) is 11.4. The van der Waals surface area contributed by atoms with Crippen molar-refractivity contribution in [3.8, 4) is 0 Å². The Bertz CT molecular complexity index is 561. The number of alkyl halides is 1. The van der Waals surface area contributed by atoms with E-state index >= 15 is 4.39 Å². The van der Waals surface area contributed by atoms with E-state index in [0.717, 1.165) is 69.8 Å². The van der Waals surface area contributed by atoms with Gasteiger partial charge in [-0.05, 0) is 114 Å². The second-order valence-electron chi connectivity index (χ2n) is 10.6. The summed E-state index contributed by atoms with van der Waals surface area (Å²) in [5, 5.41) is 0. The SMILES string of the molecule is C=C(C)C(=O)OCCCC1CCC(C2CCC(C3CCC(OCC)CC3)C(F)C2)CC1. The standard InChI is InChI=1S/C27H45FO3/c1-4-30-24-14-11-22(12-15-24)25-16-13-23(18-26(25)28)21-9-7-20(8-10-21)6-5-17-31-27(29)19(2)3/h20-26H,2,4-18H2,1,3H3. The van der Waals surface area contributed by atoms with Crippen LogP contribution in [0.25, 0.3) is 0 Å². The molecule has 0 aromatic heterocycles. The van der Waals surface area contributed by atoms with Crippen molar-refractivity contribution in [2.75, 3.05) is 13.2 Å². The molecule has 0 amide bonds. The van der Waals surface area contributed by atoms with Crippen molar-refractivity contribution in [1.29, 1.82) is 0 Å². The minimum absolute atomic E-state index is 0.276. The lowest BCUT2D eigenvalue weighted by Crippen LogP contribution is -2.37. The van der Waals surface area contributed by atoms with E-state index in [1.54, 1.807) is 6.92 Å². The van der Waals surface area contributed by atoms with Crippen molar-refractivity contribution in [1.82, 2.24) is 0 Å². The molecule has 0 aliphatic heterocycles. The Hall–Kier alpha value is -0.900. The number of esters is 1. The molecule has 31 heavy (non-hydrogen) atoms. The Morgan fingerprint density at radius 3 is 2.19 bits per heavy atom. The van der Waals surface area contributed by atoms with E-state index in [2.05, 4.69) is 13.5 Å². The Morgan fingerprint density at radius 2 is 1.58 bits per heavy atom. The van der Waals surface area contributed by atoms with Crippen molar-refractivity contribution in [3.63, 3.8) is 0 Å². The lowest BCUT2D eigenvalue weighted by Gasteiger charge is -2.43. The van der Waals surface area contributed by atoms with Gasteiger partial charge in [0.1, 0.15) is 6.17 Å². The molecule has 3 aliphatic rings. The second kappa shape index (κ2) is 12.4. The molecule has 3 nitrogen and oxygen atoms in total. The van der Waals surface area contributed by atoms with Crippen molar-refractivity contribution >= 4 is 5.97 Å². The summed E-state index contributed by atoms with van der Waals surface area (Å²) in [6, 6.07) is 0. The Kier molecular flexibility index (Phi) is 9.87. The molecule has 0 spiro atoms. The van der Waals surface area contributed by atoms with Crippen LogP contribution in [0.4, 0.5) is 4.39 Å². The van der Waals surface area contributed by atoms with Crippen LogP contribution in [0.15, 0.2) is 12.2 Å². The van der Waals surface area contributed by atoms with Gasteiger partial charge in [-0.25, -0.2) is 9.18 Å². The lowest BCUT2D eigenvalue weighted by atomic mass is 9.64. The summed E-state index contributed by atoms with van der Waals surface area (Å²) in [5.74, 6) is 2.69. The number of hydrogen-bond donors (Lipinski definition) is 0. The van der Waals surface area contributed by atoms with E-state index in [-0.39, 0.29) is 5.97 Å². The van der Waals surface area contributed by atoms with Crippen molar-refractivity contribution in [2.24, 2.45) is 29.6 Å². The van der Waals surface area contributed by atoms with E-state index in [1.165, 1.54) is 32.1 Å². The van der Waals surface area contributed by atoms with Gasteiger partial charge < -0.3 is 9.47 Å². The van der Waals surface area contributed by atoms with E-state index in [9.17, 15) is 4.79 Å². The first kappa shape index (κ1) is 24.7. The first-order valence-electron chi connectivity index (χ1n) is 13.1. The molecule has 0 heterocycles. The van der Waals surface area contributed by atoms with Crippen molar-refractivity contribution in [2.45, 2.75) is 110 Å². The summed E-state index contributed by atoms with van der Waals surface area (Å²) < 4.78 is 26.2. The Morgan fingerprint density at radius 1 is 0.935 bits per heavy atom. The smallest absolute Gasteiger partial charge is 0.333 e. The molecule has 3 aliphatic carbocycles. The third-order valence-corrected chi connectivity index (χ3v) is 8.49. The molecular weight excluding hydrogens is 391 g/mol. The fourth-order valence-electron chi connectivity index (χ4n) is 6.66. The summed E-state index contributed by atoms with van der Waals surface area (Å²) in [6.45, 7) is 8.68. The van der Waals surface area contributed by atoms with Gasteiger partial charge >= 0.3 is 5.97 Å². The van der Waals surface area contributed by atoms with Gasteiger partial charge in [-0.15, -0.1) is 0 Å². The van der Waals surface area contributed by atoms with Crippen LogP contribution >= 0.6 is 0 Å². The molecule has 0 N–H and O–H groups in total. The fourth-order valence-corrected chi connectivity index (χ4v) is 6.66. The van der Waals surface area contributed by atoms with Crippen LogP contribution in [-0.4, -0.2) is 31.5 Å². The summed E-state index contributed by atoms with van der Waals surface area (Å²) >= 11 is 0. The highest BCUT2D eigenvalue weighted by atomic mass is 19.1. The highest BCUT2D eigenvalue weighted by Gasteiger charge is 2.40. The molecule has 3 fully saturated rings. The molecule has 0 aromatic carbocycles. The number of carbonyl (C=O) groups excluding carboxylic acids is 1. The first-order valence-corrected chi connectivity index (χ1v) is 13.1. The third kappa shape index (κ3) is 7.30. The molecule has 0 radical (unpaired) electrons. The maximum Gasteiger partial charge on any atom is 0.333 e. The second-order valence-corrected chi connectivity index (χ2v) is 10.6. The third-order valence-electron chi connectivity index (χ3n) is 8.49. The van der Waals surface area contributed by atoms with Gasteiger partial charge in [-0.2, -0.15) is 0 Å². The number of halogens is 1. The normalized spacial score (nSPS) is 36.7. The van der Waals surface area contributed by atoms with Gasteiger partial charge in [-0.3, -0.25) is 0 Å². The summed E-state index contributed by atoms with van der Waals surface area (Å²) in [6.07, 6.45) is 14.7. The summed E-state index contributed by atoms with van der Waals surface area (Å²) in [5.41, 5.74) is 0.472. The molecule has 3 unspecified atom stereocenters. The topological polar surface area (TPSA) is 35.5 Å². The average molecular weight is 437 g/mol. The number of hydrogen-bond acceptors (Lipinski definition) is 3. The molecular formula is C27H45FO3. The van der Waals surface area contributed by atoms with Crippen LogP contribution < -0.4 is 0 Å². The zero-order valence-corrected chi connectivity index (χ0v) is 20.0. The van der Waals surface area contributed by atoms with Crippen LogP contribution in [0.5, 0.6) is 0 Å². The van der Waals surface area contributed by atoms with Gasteiger partial charge in [0.15, 0.2) is 0 Å². The largest absolute Gasteiger partial charge is 0.462 e. The molecule has 3 atom stereocenters. The van der Waals surface area contributed by atoms with Crippen LogP contribution in [-0.2, 0) is 14.3 Å². The average Bonchev–Trinajstić information content (AvgIpc) is 2.78. The molecule has 0 saturated heterocycles. The van der Waals surface area contributed by atoms with Gasteiger partial charge in [0.25, 0.3) is 0 Å². The quantitative estimate of drug-likeness (QED) is 0.221. The van der Waals surface area contributed by atoms with Crippen LogP contribution in [0.1, 0.15) is 97.3 Å². The zero-order valence-electron chi connectivity index (χ0n) is 20.0. The fraction of sp³-hybridized carbons (Fsp3) is 0.889.